The molecule has 2 aromatic carbocycles. The molecule has 0 atom stereocenters. The molecule has 0 aliphatic carbocycles. The Morgan fingerprint density at radius 2 is 1.65 bits per heavy atom. The number of aromatic nitrogens is 3. The molecule has 0 unspecified atom stereocenters. The van der Waals surface area contributed by atoms with Crippen LogP contribution in [0.3, 0.4) is 0 Å². The van der Waals surface area contributed by atoms with E-state index in [1.54, 1.807) is 30.0 Å². The predicted molar refractivity (Wildman–Crippen MR) is 138 cm³/mol. The van der Waals surface area contributed by atoms with Gasteiger partial charge >= 0.3 is 0 Å². The lowest BCUT2D eigenvalue weighted by Crippen LogP contribution is -2.35. The molecule has 0 spiro atoms. The molecule has 4 aromatic rings. The van der Waals surface area contributed by atoms with E-state index in [0.717, 1.165) is 49.5 Å². The highest BCUT2D eigenvalue weighted by atomic mass is 16.5. The van der Waals surface area contributed by atoms with Crippen LogP contribution in [0, 0.1) is 11.8 Å². The van der Waals surface area contributed by atoms with Crippen molar-refractivity contribution < 1.29 is 14.7 Å². The summed E-state index contributed by atoms with van der Waals surface area (Å²) in [7, 11) is 0. The molecule has 2 N–H and O–H groups in total. The van der Waals surface area contributed by atoms with Gasteiger partial charge in [0.05, 0.1) is 18.9 Å². The molecule has 184 valence electrons. The van der Waals surface area contributed by atoms with Crippen molar-refractivity contribution in [3.8, 4) is 34.5 Å². The van der Waals surface area contributed by atoms with Crippen LogP contribution in [-0.2, 0) is 11.3 Å². The molecule has 37 heavy (non-hydrogen) atoms. The number of nitrogens with one attached hydrogen (secondary N) is 1. The quantitative estimate of drug-likeness (QED) is 0.250. The maximum absolute atomic E-state index is 12.1. The number of pyridine rings is 1. The summed E-state index contributed by atoms with van der Waals surface area (Å²) in [6.45, 7) is 4.45. The van der Waals surface area contributed by atoms with Crippen molar-refractivity contribution >= 4 is 5.91 Å². The Bertz CT molecular complexity index is 1420. The molecule has 1 fully saturated rings. The third-order valence-electron chi connectivity index (χ3n) is 5.98. The van der Waals surface area contributed by atoms with Gasteiger partial charge in [-0.05, 0) is 48.0 Å². The Morgan fingerprint density at radius 3 is 2.30 bits per heavy atom. The number of hydroxylamine groups is 1. The van der Waals surface area contributed by atoms with Gasteiger partial charge in [-0.2, -0.15) is 0 Å². The Kier molecular flexibility index (Phi) is 7.58. The lowest BCUT2D eigenvalue weighted by Gasteiger charge is -2.26. The van der Waals surface area contributed by atoms with Crippen LogP contribution in [0.2, 0.25) is 0 Å². The summed E-state index contributed by atoms with van der Waals surface area (Å²) < 4.78 is 5.41. The van der Waals surface area contributed by atoms with E-state index < -0.39 is 5.91 Å². The van der Waals surface area contributed by atoms with Gasteiger partial charge in [-0.3, -0.25) is 19.9 Å². The number of nitrogens with zero attached hydrogens (tertiary/aromatic N) is 4. The van der Waals surface area contributed by atoms with Crippen LogP contribution >= 0.6 is 0 Å². The fourth-order valence-electron chi connectivity index (χ4n) is 3.97. The average molecular weight is 492 g/mol. The number of hydrogen-bond donors (Lipinski definition) is 2. The van der Waals surface area contributed by atoms with Crippen LogP contribution in [-0.4, -0.2) is 57.3 Å². The van der Waals surface area contributed by atoms with Crippen molar-refractivity contribution in [3.63, 3.8) is 0 Å². The van der Waals surface area contributed by atoms with Gasteiger partial charge < -0.3 is 4.74 Å². The van der Waals surface area contributed by atoms with Gasteiger partial charge in [-0.25, -0.2) is 15.4 Å². The third kappa shape index (κ3) is 6.23. The van der Waals surface area contributed by atoms with Crippen LogP contribution in [0.1, 0.15) is 27.2 Å². The highest BCUT2D eigenvalue weighted by Crippen LogP contribution is 2.23. The zero-order valence-corrected chi connectivity index (χ0v) is 20.1. The van der Waals surface area contributed by atoms with Gasteiger partial charge in [0, 0.05) is 54.3 Å². The molecular formula is C29H25N5O3. The van der Waals surface area contributed by atoms with Crippen molar-refractivity contribution in [1.82, 2.24) is 25.3 Å². The fraction of sp³-hybridized carbons (Fsp3) is 0.172. The molecule has 8 nitrogen and oxygen atoms in total. The van der Waals surface area contributed by atoms with Gasteiger partial charge in [-0.15, -0.1) is 0 Å². The molecule has 1 aliphatic rings. The summed E-state index contributed by atoms with van der Waals surface area (Å²) in [6, 6.07) is 21.1. The summed E-state index contributed by atoms with van der Waals surface area (Å²) in [5, 5.41) is 9.10. The summed E-state index contributed by atoms with van der Waals surface area (Å²) >= 11 is 0. The van der Waals surface area contributed by atoms with Crippen molar-refractivity contribution in [2.24, 2.45) is 0 Å². The van der Waals surface area contributed by atoms with Gasteiger partial charge in [0.1, 0.15) is 5.69 Å². The monoisotopic (exact) mass is 491 g/mol. The van der Waals surface area contributed by atoms with Gasteiger partial charge in [0.25, 0.3) is 5.91 Å². The third-order valence-corrected chi connectivity index (χ3v) is 5.98. The second-order valence-electron chi connectivity index (χ2n) is 8.56. The summed E-state index contributed by atoms with van der Waals surface area (Å²) in [5.74, 6) is 6.04. The largest absolute Gasteiger partial charge is 0.379 e. The maximum Gasteiger partial charge on any atom is 0.293 e. The highest BCUT2D eigenvalue weighted by Gasteiger charge is 2.14. The van der Waals surface area contributed by atoms with Crippen molar-refractivity contribution in [1.29, 1.82) is 0 Å². The highest BCUT2D eigenvalue weighted by molar-refractivity contribution is 5.93. The maximum atomic E-state index is 12.1. The minimum Gasteiger partial charge on any atom is -0.379 e. The molecule has 1 amide bonds. The van der Waals surface area contributed by atoms with Crippen LogP contribution in [0.4, 0.5) is 0 Å². The van der Waals surface area contributed by atoms with E-state index in [1.807, 2.05) is 36.4 Å². The zero-order chi connectivity index (χ0) is 25.5. The van der Waals surface area contributed by atoms with Gasteiger partial charge in [0.2, 0.25) is 0 Å². The van der Waals surface area contributed by atoms with Crippen LogP contribution in [0.15, 0.2) is 79.1 Å². The average Bonchev–Trinajstić information content (AvgIpc) is 2.97. The number of carbonyl (C=O) groups is 1. The lowest BCUT2D eigenvalue weighted by molar-refractivity contribution is 0.0342. The van der Waals surface area contributed by atoms with E-state index in [2.05, 4.69) is 43.8 Å². The van der Waals surface area contributed by atoms with Crippen LogP contribution in [0.25, 0.3) is 22.6 Å². The Hall–Kier alpha value is -4.42. The summed E-state index contributed by atoms with van der Waals surface area (Å²) in [6.07, 6.45) is 3.27. The van der Waals surface area contributed by atoms with Gasteiger partial charge in [0.15, 0.2) is 5.82 Å². The fourth-order valence-corrected chi connectivity index (χ4v) is 3.97. The Labute approximate surface area is 215 Å². The SMILES string of the molecule is O=C(NO)c1cc(-c2ccc(C#Cc3ccc(CN4CCOCC4)cc3)cc2)nc(-c2cccnc2)n1. The number of ether oxygens (including phenoxy) is 1. The molecule has 3 heterocycles. The standard InChI is InChI=1S/C29H25N5O3/c35-29(33-36)27-18-26(31-28(32-27)25-2-1-13-30-19-25)24-11-9-22(10-12-24)4-3-21-5-7-23(8-6-21)20-34-14-16-37-17-15-34/h1-2,5-13,18-19,36H,14-17,20H2,(H,33,35). The van der Waals surface area contributed by atoms with E-state index in [1.165, 1.54) is 11.6 Å². The van der Waals surface area contributed by atoms with Gasteiger partial charge in [-0.1, -0.05) is 36.1 Å². The normalized spacial score (nSPS) is 13.4. The first-order valence-electron chi connectivity index (χ1n) is 11.9. The second-order valence-corrected chi connectivity index (χ2v) is 8.56. The predicted octanol–water partition coefficient (Wildman–Crippen LogP) is 3.56. The first-order valence-corrected chi connectivity index (χ1v) is 11.9. The topological polar surface area (TPSA) is 100 Å². The molecule has 0 radical (unpaired) electrons. The van der Waals surface area contributed by atoms with E-state index in [9.17, 15) is 4.79 Å². The second kappa shape index (κ2) is 11.5. The molecule has 5 rings (SSSR count). The smallest absolute Gasteiger partial charge is 0.293 e. The summed E-state index contributed by atoms with van der Waals surface area (Å²) in [4.78, 5) is 27.4. The first kappa shape index (κ1) is 24.3. The van der Waals surface area contributed by atoms with E-state index in [-0.39, 0.29) is 5.69 Å². The number of amides is 1. The summed E-state index contributed by atoms with van der Waals surface area (Å²) in [5.41, 5.74) is 6.75. The molecule has 0 saturated carbocycles. The molecule has 1 saturated heterocycles. The lowest BCUT2D eigenvalue weighted by atomic mass is 10.1. The number of morpholine rings is 1. The van der Waals surface area contributed by atoms with E-state index in [0.29, 0.717) is 17.1 Å². The van der Waals surface area contributed by atoms with Crippen molar-refractivity contribution in [2.45, 2.75) is 6.54 Å². The Morgan fingerprint density at radius 1 is 0.946 bits per heavy atom. The minimum atomic E-state index is -0.716. The van der Waals surface area contributed by atoms with E-state index in [4.69, 9.17) is 9.94 Å². The van der Waals surface area contributed by atoms with Crippen molar-refractivity contribution in [2.75, 3.05) is 26.3 Å². The number of rotatable bonds is 5. The molecule has 2 aromatic heterocycles. The van der Waals surface area contributed by atoms with Crippen LogP contribution in [0.5, 0.6) is 0 Å². The Balaban J connectivity index is 1.33. The molecule has 0 bridgehead atoms. The van der Waals surface area contributed by atoms with Crippen LogP contribution < -0.4 is 5.48 Å². The number of benzene rings is 2. The molecule has 8 heteroatoms. The minimum absolute atomic E-state index is 0.0484. The van der Waals surface area contributed by atoms with Crippen molar-refractivity contribution in [3.05, 3.63) is 102 Å². The zero-order valence-electron chi connectivity index (χ0n) is 20.1. The molecular weight excluding hydrogens is 466 g/mol. The number of hydrogen-bond acceptors (Lipinski definition) is 7. The first-order chi connectivity index (χ1) is 18.2. The number of carbonyl (C=O) groups excluding carboxylic acids is 1. The molecule has 1 aliphatic heterocycles. The van der Waals surface area contributed by atoms with E-state index >= 15 is 0 Å².